The number of benzene rings is 1. The quantitative estimate of drug-likeness (QED) is 0.861. The summed E-state index contributed by atoms with van der Waals surface area (Å²) >= 11 is 0. The zero-order chi connectivity index (χ0) is 12.6. The Bertz CT molecular complexity index is 422. The van der Waals surface area contributed by atoms with Crippen LogP contribution in [0.1, 0.15) is 18.4 Å². The van der Waals surface area contributed by atoms with Crippen molar-refractivity contribution < 1.29 is 9.84 Å². The van der Waals surface area contributed by atoms with Crippen molar-refractivity contribution in [2.75, 3.05) is 26.2 Å². The Balaban J connectivity index is 1.40. The largest absolute Gasteiger partial charge is 0.492 e. The Labute approximate surface area is 108 Å². The number of hydrogen-bond acceptors (Lipinski definition) is 3. The first-order valence-corrected chi connectivity index (χ1v) is 6.80. The minimum absolute atomic E-state index is 0.372. The predicted molar refractivity (Wildman–Crippen MR) is 70.8 cm³/mol. The van der Waals surface area contributed by atoms with Crippen LogP contribution in [-0.2, 0) is 0 Å². The number of para-hydroxylation sites is 1. The molecular formula is C15H21NO2. The molecule has 2 fully saturated rings. The molecule has 2 aliphatic rings. The summed E-state index contributed by atoms with van der Waals surface area (Å²) in [4.78, 5) is 2.27. The van der Waals surface area contributed by atoms with Crippen LogP contribution < -0.4 is 4.74 Å². The highest BCUT2D eigenvalue weighted by Gasteiger charge is 2.51. The number of nitrogens with zero attached hydrogens (tertiary/aromatic N) is 1. The lowest BCUT2D eigenvalue weighted by molar-refractivity contribution is -0.115. The van der Waals surface area contributed by atoms with Crippen LogP contribution in [0.5, 0.6) is 5.75 Å². The third-order valence-electron chi connectivity index (χ3n) is 4.09. The third kappa shape index (κ3) is 2.38. The van der Waals surface area contributed by atoms with Gasteiger partial charge >= 0.3 is 0 Å². The molecule has 0 radical (unpaired) electrons. The SMILES string of the molecule is Cc1ccccc1OCCN1CC(O)(C2CC2)C1. The molecule has 0 spiro atoms. The van der Waals surface area contributed by atoms with Gasteiger partial charge in [0.15, 0.2) is 0 Å². The number of aryl methyl sites for hydroxylation is 1. The molecular weight excluding hydrogens is 226 g/mol. The first kappa shape index (κ1) is 12.0. The smallest absolute Gasteiger partial charge is 0.122 e. The van der Waals surface area contributed by atoms with E-state index >= 15 is 0 Å². The Morgan fingerprint density at radius 2 is 2.06 bits per heavy atom. The predicted octanol–water partition coefficient (Wildman–Crippen LogP) is 1.83. The minimum Gasteiger partial charge on any atom is -0.492 e. The summed E-state index contributed by atoms with van der Waals surface area (Å²) in [6, 6.07) is 8.09. The van der Waals surface area contributed by atoms with Crippen LogP contribution in [0, 0.1) is 12.8 Å². The average Bonchev–Trinajstić information content (AvgIpc) is 3.13. The number of rotatable bonds is 5. The minimum atomic E-state index is -0.372. The zero-order valence-corrected chi connectivity index (χ0v) is 10.9. The van der Waals surface area contributed by atoms with Gasteiger partial charge in [0.05, 0.1) is 5.60 Å². The molecule has 18 heavy (non-hydrogen) atoms. The van der Waals surface area contributed by atoms with Crippen LogP contribution in [0.15, 0.2) is 24.3 Å². The molecule has 1 aliphatic heterocycles. The highest BCUT2D eigenvalue weighted by atomic mass is 16.5. The summed E-state index contributed by atoms with van der Waals surface area (Å²) in [5.74, 6) is 1.54. The second kappa shape index (κ2) is 4.56. The molecule has 3 rings (SSSR count). The fraction of sp³-hybridized carbons (Fsp3) is 0.600. The van der Waals surface area contributed by atoms with Gasteiger partial charge in [-0.15, -0.1) is 0 Å². The molecule has 1 saturated heterocycles. The van der Waals surface area contributed by atoms with E-state index in [1.54, 1.807) is 0 Å². The molecule has 0 atom stereocenters. The van der Waals surface area contributed by atoms with Crippen molar-refractivity contribution >= 4 is 0 Å². The lowest BCUT2D eigenvalue weighted by atomic mass is 9.89. The van der Waals surface area contributed by atoms with Gasteiger partial charge in [-0.3, -0.25) is 4.90 Å². The Morgan fingerprint density at radius 3 is 2.72 bits per heavy atom. The summed E-state index contributed by atoms with van der Waals surface area (Å²) in [5, 5.41) is 10.2. The van der Waals surface area contributed by atoms with Gasteiger partial charge in [-0.05, 0) is 37.3 Å². The van der Waals surface area contributed by atoms with Gasteiger partial charge in [-0.2, -0.15) is 0 Å². The Hall–Kier alpha value is -1.06. The fourth-order valence-electron chi connectivity index (χ4n) is 2.77. The van der Waals surface area contributed by atoms with Crippen molar-refractivity contribution in [2.24, 2.45) is 5.92 Å². The molecule has 1 heterocycles. The van der Waals surface area contributed by atoms with Gasteiger partial charge in [0.1, 0.15) is 12.4 Å². The van der Waals surface area contributed by atoms with Crippen molar-refractivity contribution in [1.29, 1.82) is 0 Å². The molecule has 1 saturated carbocycles. The van der Waals surface area contributed by atoms with Crippen molar-refractivity contribution in [2.45, 2.75) is 25.4 Å². The molecule has 0 amide bonds. The summed E-state index contributed by atoms with van der Waals surface area (Å²) in [6.45, 7) is 5.32. The van der Waals surface area contributed by atoms with Gasteiger partial charge in [0.2, 0.25) is 0 Å². The standard InChI is InChI=1S/C15H21NO2/c1-12-4-2-3-5-14(12)18-9-8-16-10-15(17,11-16)13-6-7-13/h2-5,13,17H,6-11H2,1H3. The highest BCUT2D eigenvalue weighted by Crippen LogP contribution is 2.44. The van der Waals surface area contributed by atoms with Gasteiger partial charge in [-0.25, -0.2) is 0 Å². The maximum absolute atomic E-state index is 10.2. The average molecular weight is 247 g/mol. The molecule has 1 aliphatic carbocycles. The fourth-order valence-corrected chi connectivity index (χ4v) is 2.77. The van der Waals surface area contributed by atoms with Gasteiger partial charge < -0.3 is 9.84 Å². The maximum atomic E-state index is 10.2. The number of likely N-dealkylation sites (tertiary alicyclic amines) is 1. The van der Waals surface area contributed by atoms with E-state index in [2.05, 4.69) is 17.9 Å². The van der Waals surface area contributed by atoms with E-state index in [-0.39, 0.29) is 5.60 Å². The highest BCUT2D eigenvalue weighted by molar-refractivity contribution is 5.31. The van der Waals surface area contributed by atoms with E-state index < -0.39 is 0 Å². The van der Waals surface area contributed by atoms with Crippen molar-refractivity contribution in [1.82, 2.24) is 4.90 Å². The van der Waals surface area contributed by atoms with E-state index in [0.29, 0.717) is 12.5 Å². The second-order valence-electron chi connectivity index (χ2n) is 5.70. The van der Waals surface area contributed by atoms with Gasteiger partial charge in [-0.1, -0.05) is 18.2 Å². The molecule has 0 aromatic heterocycles. The van der Waals surface area contributed by atoms with Crippen LogP contribution in [0.4, 0.5) is 0 Å². The third-order valence-corrected chi connectivity index (χ3v) is 4.09. The van der Waals surface area contributed by atoms with E-state index in [0.717, 1.165) is 25.4 Å². The molecule has 1 N–H and O–H groups in total. The molecule has 1 aromatic carbocycles. The van der Waals surface area contributed by atoms with E-state index in [9.17, 15) is 5.11 Å². The van der Waals surface area contributed by atoms with Crippen LogP contribution in [0.2, 0.25) is 0 Å². The van der Waals surface area contributed by atoms with E-state index in [1.165, 1.54) is 18.4 Å². The van der Waals surface area contributed by atoms with Crippen LogP contribution in [0.3, 0.4) is 0 Å². The molecule has 3 nitrogen and oxygen atoms in total. The maximum Gasteiger partial charge on any atom is 0.122 e. The topological polar surface area (TPSA) is 32.7 Å². The molecule has 3 heteroatoms. The monoisotopic (exact) mass is 247 g/mol. The molecule has 98 valence electrons. The summed E-state index contributed by atoms with van der Waals surface area (Å²) in [6.07, 6.45) is 2.42. The van der Waals surface area contributed by atoms with Crippen LogP contribution >= 0.6 is 0 Å². The normalized spacial score (nSPS) is 22.6. The molecule has 1 aromatic rings. The summed E-state index contributed by atoms with van der Waals surface area (Å²) in [5.41, 5.74) is 0.804. The first-order valence-electron chi connectivity index (χ1n) is 6.80. The number of ether oxygens (including phenoxy) is 1. The zero-order valence-electron chi connectivity index (χ0n) is 10.9. The number of aliphatic hydroxyl groups is 1. The molecule has 0 unspecified atom stereocenters. The number of hydrogen-bond donors (Lipinski definition) is 1. The van der Waals surface area contributed by atoms with Gasteiger partial charge in [0, 0.05) is 19.6 Å². The van der Waals surface area contributed by atoms with E-state index in [4.69, 9.17) is 4.74 Å². The van der Waals surface area contributed by atoms with Crippen LogP contribution in [0.25, 0.3) is 0 Å². The second-order valence-corrected chi connectivity index (χ2v) is 5.70. The van der Waals surface area contributed by atoms with E-state index in [1.807, 2.05) is 18.2 Å². The Kier molecular flexibility index (Phi) is 3.04. The summed E-state index contributed by atoms with van der Waals surface area (Å²) in [7, 11) is 0. The summed E-state index contributed by atoms with van der Waals surface area (Å²) < 4.78 is 5.76. The van der Waals surface area contributed by atoms with Crippen LogP contribution in [-0.4, -0.2) is 41.8 Å². The molecule has 0 bridgehead atoms. The lowest BCUT2D eigenvalue weighted by Gasteiger charge is -2.47. The number of β-amino-alcohol motifs (C(OH)–C–C–N with tert-alkyl or cyclic N) is 1. The first-order chi connectivity index (χ1) is 8.67. The van der Waals surface area contributed by atoms with Crippen molar-refractivity contribution in [3.8, 4) is 5.75 Å². The Morgan fingerprint density at radius 1 is 1.33 bits per heavy atom. The van der Waals surface area contributed by atoms with Crippen molar-refractivity contribution in [3.05, 3.63) is 29.8 Å². The van der Waals surface area contributed by atoms with Gasteiger partial charge in [0.25, 0.3) is 0 Å². The lowest BCUT2D eigenvalue weighted by Crippen LogP contribution is -2.63. The van der Waals surface area contributed by atoms with Crippen molar-refractivity contribution in [3.63, 3.8) is 0 Å².